The molecule has 21 fully saturated rings. The van der Waals surface area contributed by atoms with Gasteiger partial charge in [-0.3, -0.25) is 33.6 Å². The van der Waals surface area contributed by atoms with Gasteiger partial charge in [0.1, 0.15) is 77.7 Å². The molecule has 7 aliphatic carbocycles. The zero-order chi connectivity index (χ0) is 97.5. The molecule has 134 heavy (non-hydrogen) atoms. The Morgan fingerprint density at radius 1 is 0.507 bits per heavy atom. The van der Waals surface area contributed by atoms with Crippen molar-refractivity contribution in [1.82, 2.24) is 0 Å². The number of carbonyl (C=O) groups excluding carboxylic acids is 17. The Bertz CT molecular complexity index is 4790. The second kappa shape index (κ2) is 40.7. The third-order valence-corrected chi connectivity index (χ3v) is 29.3. The Kier molecular flexibility index (Phi) is 30.5. The minimum Gasteiger partial charge on any atom is -0.469 e. The smallest absolute Gasteiger partial charge is 0.344 e. The summed E-state index contributed by atoms with van der Waals surface area (Å²) in [5.41, 5.74) is 1.25. The van der Waals surface area contributed by atoms with E-state index in [1.54, 1.807) is 34.6 Å². The third-order valence-electron chi connectivity index (χ3n) is 29.3. The number of carbonyl (C=O) groups is 17. The lowest BCUT2D eigenvalue weighted by Crippen LogP contribution is -2.45. The van der Waals surface area contributed by atoms with Crippen molar-refractivity contribution in [2.24, 2.45) is 82.3 Å². The van der Waals surface area contributed by atoms with E-state index in [9.17, 15) is 86.6 Å². The molecule has 30 unspecified atom stereocenters. The predicted molar refractivity (Wildman–Crippen MR) is 451 cm³/mol. The molecule has 21 rings (SSSR count). The monoisotopic (exact) mass is 1880 g/mol. The van der Waals surface area contributed by atoms with Crippen LogP contribution in [0.4, 0.5) is 0 Å². The largest absolute Gasteiger partial charge is 0.469 e. The van der Waals surface area contributed by atoms with Crippen molar-refractivity contribution in [2.45, 2.75) is 273 Å². The van der Waals surface area contributed by atoms with E-state index >= 15 is 0 Å². The lowest BCUT2D eigenvalue weighted by atomic mass is 9.67. The van der Waals surface area contributed by atoms with E-state index in [1.165, 1.54) is 21.0 Å². The average molecular weight is 1880 g/mol. The van der Waals surface area contributed by atoms with E-state index in [0.717, 1.165) is 76.7 Å². The molecule has 14 aliphatic heterocycles. The fraction of sp³-hybridized carbons (Fsp3) is 0.656. The number of cyclic esters (lactones) is 2. The standard InChI is InChI=1S/C16H20O6.C14H16O6.C13H14O6.C12H14O5.C11H12O5.C11H16O4.C10H14O3.C9H12O3/c1-8(2)15(18)20-7-13(17)22-14-10-3-9-4-11(6-10)16(19)21-12(14)5-9;1-6(2)13(16)18-5-10(15)19-11-7-3-8-9(4-7)14(17)20-12(8)11;1-3-7(14)18-10-5-4-6-9(8(5)12(15)17-2)13(16)19-11(6)10;1-5(2)11(13)17-8-3-7-9-6(10(8)16-7)4-15-12(9)14;1-4(2)10(12)15-8-6-3-5-7(14-6)9(8)16-11(5)13;1-7(2)9(12)15-8(3)11(4)5-6-14-10(11)13;1-7-6-10(13-9(7)12)4-2-8(11)3-5-10;1-6-5-9(12-8(6)10)3-4-11-7(9)2/h9-12,14H,1,3-7H2,2H3;7-9,11-12H,1,3-5H2,2H3;3,5-6,8-11H,1,4H2,2H3;6-10H,1,3-4H2,2H3;5-9H,1,3H2,2H3;8H,1,5-6H2,2-4H3;8,11H,1-6H2;7H,1,3-5H2,2H3. The Balaban J connectivity index is 0.000000131. The maximum Gasteiger partial charge on any atom is 0.344 e. The Morgan fingerprint density at radius 2 is 1.10 bits per heavy atom. The lowest BCUT2D eigenvalue weighted by molar-refractivity contribution is -0.177. The van der Waals surface area contributed by atoms with Gasteiger partial charge in [-0.1, -0.05) is 52.6 Å². The molecule has 12 bridgehead atoms. The van der Waals surface area contributed by atoms with Gasteiger partial charge in [0.25, 0.3) is 0 Å². The van der Waals surface area contributed by atoms with Gasteiger partial charge >= 0.3 is 101 Å². The molecule has 38 heteroatoms. The number of rotatable bonds is 18. The maximum atomic E-state index is 11.9. The molecule has 0 aromatic carbocycles. The van der Waals surface area contributed by atoms with Gasteiger partial charge in [-0.05, 0) is 138 Å². The summed E-state index contributed by atoms with van der Waals surface area (Å²) < 4.78 is 104. The Morgan fingerprint density at radius 3 is 1.68 bits per heavy atom. The summed E-state index contributed by atoms with van der Waals surface area (Å²) in [6.45, 7) is 41.8. The van der Waals surface area contributed by atoms with Crippen molar-refractivity contribution in [3.63, 3.8) is 0 Å². The number of esters is 17. The van der Waals surface area contributed by atoms with Crippen LogP contribution in [0, 0.1) is 82.3 Å². The summed E-state index contributed by atoms with van der Waals surface area (Å²) in [4.78, 5) is 195. The summed E-state index contributed by atoms with van der Waals surface area (Å²) in [6.07, 6.45) is 8.44. The third kappa shape index (κ3) is 20.9. The molecule has 0 amide bonds. The number of aliphatic hydroxyl groups is 1. The van der Waals surface area contributed by atoms with Crippen LogP contribution in [0.1, 0.15) is 165 Å². The first-order chi connectivity index (χ1) is 63.3. The summed E-state index contributed by atoms with van der Waals surface area (Å²) in [6, 6.07) is 0. The quantitative estimate of drug-likeness (QED) is 0.0891. The number of hydrogen-bond acceptors (Lipinski definition) is 38. The van der Waals surface area contributed by atoms with E-state index in [4.69, 9.17) is 94.7 Å². The second-order valence-electron chi connectivity index (χ2n) is 38.6. The summed E-state index contributed by atoms with van der Waals surface area (Å²) in [5, 5.41) is 9.32. The van der Waals surface area contributed by atoms with Crippen molar-refractivity contribution in [1.29, 1.82) is 0 Å². The van der Waals surface area contributed by atoms with E-state index in [0.29, 0.717) is 92.1 Å². The van der Waals surface area contributed by atoms with Crippen molar-refractivity contribution in [3.8, 4) is 0 Å². The maximum absolute atomic E-state index is 11.9. The van der Waals surface area contributed by atoms with Crippen molar-refractivity contribution in [3.05, 3.63) is 97.7 Å². The molecule has 14 saturated heterocycles. The zero-order valence-corrected chi connectivity index (χ0v) is 76.6. The highest BCUT2D eigenvalue weighted by atomic mass is 16.7. The second-order valence-corrected chi connectivity index (χ2v) is 38.6. The topological polar surface area (TPSA) is 495 Å². The van der Waals surface area contributed by atoms with Crippen LogP contribution in [-0.4, -0.2) is 256 Å². The van der Waals surface area contributed by atoms with Gasteiger partial charge in [0.15, 0.2) is 25.4 Å². The molecule has 7 saturated carbocycles. The first-order valence-corrected chi connectivity index (χ1v) is 45.4. The highest BCUT2D eigenvalue weighted by Gasteiger charge is 2.71. The predicted octanol–water partition coefficient (Wildman–Crippen LogP) is 6.31. The number of ether oxygens (including phenoxy) is 20. The molecule has 14 heterocycles. The summed E-state index contributed by atoms with van der Waals surface area (Å²) in [7, 11) is 1.29. The molecular weight excluding hydrogens is 1760 g/mol. The van der Waals surface area contributed by atoms with E-state index in [2.05, 4.69) is 52.6 Å². The van der Waals surface area contributed by atoms with Crippen molar-refractivity contribution < 1.29 is 181 Å². The van der Waals surface area contributed by atoms with E-state index < -0.39 is 127 Å². The Labute approximate surface area is 773 Å². The van der Waals surface area contributed by atoms with Gasteiger partial charge in [-0.2, -0.15) is 0 Å². The van der Waals surface area contributed by atoms with Crippen LogP contribution < -0.4 is 0 Å². The fourth-order valence-corrected chi connectivity index (χ4v) is 22.1. The highest BCUT2D eigenvalue weighted by molar-refractivity contribution is 5.93. The zero-order valence-electron chi connectivity index (χ0n) is 76.6. The van der Waals surface area contributed by atoms with Gasteiger partial charge in [0, 0.05) is 113 Å². The van der Waals surface area contributed by atoms with Gasteiger partial charge in [-0.15, -0.1) is 0 Å². The number of fused-ring (bicyclic) bond motifs is 9. The molecule has 21 aliphatic rings. The van der Waals surface area contributed by atoms with Crippen LogP contribution in [0.5, 0.6) is 0 Å². The van der Waals surface area contributed by atoms with Crippen LogP contribution in [0.15, 0.2) is 97.7 Å². The van der Waals surface area contributed by atoms with Crippen LogP contribution in [0.3, 0.4) is 0 Å². The molecule has 2 spiro atoms. The molecule has 730 valence electrons. The van der Waals surface area contributed by atoms with Gasteiger partial charge in [-0.25, -0.2) is 47.9 Å². The first kappa shape index (κ1) is 100. The minimum absolute atomic E-state index is 0.0128. The Hall–Kier alpha value is -11.2. The average Bonchev–Trinajstić information content (AvgIpc) is 1.54. The minimum atomic E-state index is -0.717. The highest BCUT2D eigenvalue weighted by Crippen LogP contribution is 2.60. The molecule has 30 atom stereocenters. The molecule has 38 nitrogen and oxygen atoms in total. The lowest BCUT2D eigenvalue weighted by Gasteiger charge is -2.41. The van der Waals surface area contributed by atoms with Crippen molar-refractivity contribution >= 4 is 101 Å². The first-order valence-electron chi connectivity index (χ1n) is 45.4. The number of methoxy groups -OCH3 is 1. The van der Waals surface area contributed by atoms with Gasteiger partial charge in [0.2, 0.25) is 0 Å². The van der Waals surface area contributed by atoms with Crippen molar-refractivity contribution in [2.75, 3.05) is 40.1 Å². The summed E-state index contributed by atoms with van der Waals surface area (Å²) in [5.74, 6) is -7.32. The molecule has 0 aromatic heterocycles. The molecule has 0 radical (unpaired) electrons. The molecular formula is C96H118O38. The molecule has 0 aromatic rings. The van der Waals surface area contributed by atoms with Gasteiger partial charge < -0.3 is 99.8 Å². The van der Waals surface area contributed by atoms with Crippen LogP contribution >= 0.6 is 0 Å². The van der Waals surface area contributed by atoms with Crippen LogP contribution in [0.2, 0.25) is 0 Å². The number of hydrogen-bond donors (Lipinski definition) is 1. The van der Waals surface area contributed by atoms with E-state index in [1.807, 2.05) is 6.92 Å². The van der Waals surface area contributed by atoms with Crippen LogP contribution in [0.25, 0.3) is 0 Å². The normalized spacial score (nSPS) is 38.3. The van der Waals surface area contributed by atoms with E-state index in [-0.39, 0.29) is 184 Å². The number of aliphatic hydroxyl groups excluding tert-OH is 1. The fourth-order valence-electron chi connectivity index (χ4n) is 22.1. The van der Waals surface area contributed by atoms with Crippen LogP contribution in [-0.2, 0) is 176 Å². The molecule has 1 N–H and O–H groups in total. The van der Waals surface area contributed by atoms with Gasteiger partial charge in [0.05, 0.1) is 86.9 Å². The summed E-state index contributed by atoms with van der Waals surface area (Å²) >= 11 is 0. The SMILES string of the molecule is C=C(C)C(=O)OC(C)C1(C)CCOC1=O.C=C(C)C(=O)OC1C2CC3C(=O)OC1C3O2.C=C(C)C(=O)OC1CC2OC1C1COC(=O)C21.C=C(C)C(=O)OCC(=O)OC1C2CC3C(=O)OC1C3C2.C=C(C)C(=O)OCC(=O)OC1C2CC3CC(C2)C(=O)OC1C3.C=C1CC2(CCC(O)CC2)OC1=O.C=C1CC2(CCOC2C)OC1=O.C=CC(=O)OC1C2CC3C1OC(=O)C3C2C(=O)OC.